The number of hydrogen-bond acceptors (Lipinski definition) is 4. The molecule has 0 aliphatic carbocycles. The van der Waals surface area contributed by atoms with Crippen molar-refractivity contribution in [2.24, 2.45) is 7.05 Å². The van der Waals surface area contributed by atoms with Gasteiger partial charge < -0.3 is 10.6 Å². The third kappa shape index (κ3) is 4.05. The van der Waals surface area contributed by atoms with Gasteiger partial charge in [-0.2, -0.15) is 5.10 Å². The van der Waals surface area contributed by atoms with Crippen molar-refractivity contribution in [3.05, 3.63) is 41.3 Å². The Kier molecular flexibility index (Phi) is 4.92. The summed E-state index contributed by atoms with van der Waals surface area (Å²) in [6.45, 7) is 5.36. The first-order chi connectivity index (χ1) is 10.1. The topological polar surface area (TPSA) is 71.8 Å². The van der Waals surface area contributed by atoms with E-state index in [1.165, 1.54) is 0 Å². The first-order valence-corrected chi connectivity index (χ1v) is 7.07. The number of nitrogens with one attached hydrogen (secondary N) is 2. The highest BCUT2D eigenvalue weighted by Crippen LogP contribution is 2.07. The second-order valence-corrected chi connectivity index (χ2v) is 4.95. The largest absolute Gasteiger partial charge is 0.370 e. The quantitative estimate of drug-likeness (QED) is 0.851. The Balaban J connectivity index is 1.92. The van der Waals surface area contributed by atoms with Gasteiger partial charge in [-0.15, -0.1) is 0 Å². The molecular weight excluding hydrogens is 266 g/mol. The molecule has 112 valence electrons. The summed E-state index contributed by atoms with van der Waals surface area (Å²) >= 11 is 0. The van der Waals surface area contributed by atoms with Gasteiger partial charge in [0, 0.05) is 38.1 Å². The van der Waals surface area contributed by atoms with Crippen LogP contribution in [0, 0.1) is 6.92 Å². The Morgan fingerprint density at radius 3 is 2.76 bits per heavy atom. The molecule has 6 heteroatoms. The van der Waals surface area contributed by atoms with Crippen molar-refractivity contribution in [3.63, 3.8) is 0 Å². The first kappa shape index (κ1) is 15.0. The van der Waals surface area contributed by atoms with E-state index in [1.54, 1.807) is 16.9 Å². The average molecular weight is 287 g/mol. The van der Waals surface area contributed by atoms with E-state index >= 15 is 0 Å². The van der Waals surface area contributed by atoms with E-state index in [0.717, 1.165) is 30.0 Å². The summed E-state index contributed by atoms with van der Waals surface area (Å²) in [4.78, 5) is 16.3. The van der Waals surface area contributed by atoms with E-state index in [2.05, 4.69) is 27.6 Å². The van der Waals surface area contributed by atoms with Crippen molar-refractivity contribution < 1.29 is 4.79 Å². The SMILES string of the molecule is CCCNc1ccc(C(=O)NCc2cn(C)nc2C)cn1. The monoisotopic (exact) mass is 287 g/mol. The smallest absolute Gasteiger partial charge is 0.253 e. The van der Waals surface area contributed by atoms with Gasteiger partial charge in [0.25, 0.3) is 5.91 Å². The predicted molar refractivity (Wildman–Crippen MR) is 82.1 cm³/mol. The molecule has 2 heterocycles. The van der Waals surface area contributed by atoms with Gasteiger partial charge in [-0.1, -0.05) is 6.92 Å². The highest BCUT2D eigenvalue weighted by Gasteiger charge is 2.08. The van der Waals surface area contributed by atoms with E-state index in [0.29, 0.717) is 12.1 Å². The second kappa shape index (κ2) is 6.88. The number of hydrogen-bond donors (Lipinski definition) is 2. The fourth-order valence-corrected chi connectivity index (χ4v) is 1.99. The number of aromatic nitrogens is 3. The molecule has 0 aliphatic heterocycles. The minimum atomic E-state index is -0.132. The van der Waals surface area contributed by atoms with Crippen LogP contribution in [0.4, 0.5) is 5.82 Å². The summed E-state index contributed by atoms with van der Waals surface area (Å²) in [5.74, 6) is 0.657. The van der Waals surface area contributed by atoms with E-state index in [9.17, 15) is 4.79 Å². The first-order valence-electron chi connectivity index (χ1n) is 7.07. The number of carbonyl (C=O) groups is 1. The van der Waals surface area contributed by atoms with Crippen LogP contribution in [0.1, 0.15) is 35.0 Å². The minimum absolute atomic E-state index is 0.132. The molecule has 2 rings (SSSR count). The molecule has 0 atom stereocenters. The minimum Gasteiger partial charge on any atom is -0.370 e. The number of anilines is 1. The van der Waals surface area contributed by atoms with Crippen molar-refractivity contribution >= 4 is 11.7 Å². The lowest BCUT2D eigenvalue weighted by atomic mass is 10.2. The van der Waals surface area contributed by atoms with Crippen LogP contribution in [0.5, 0.6) is 0 Å². The highest BCUT2D eigenvalue weighted by atomic mass is 16.1. The van der Waals surface area contributed by atoms with Crippen molar-refractivity contribution in [2.45, 2.75) is 26.8 Å². The number of rotatable bonds is 6. The molecule has 0 saturated carbocycles. The molecular formula is C15H21N5O. The van der Waals surface area contributed by atoms with Crippen LogP contribution in [-0.2, 0) is 13.6 Å². The number of amides is 1. The van der Waals surface area contributed by atoms with Gasteiger partial charge in [0.2, 0.25) is 0 Å². The van der Waals surface area contributed by atoms with Gasteiger partial charge in [0.05, 0.1) is 11.3 Å². The van der Waals surface area contributed by atoms with Crippen molar-refractivity contribution in [2.75, 3.05) is 11.9 Å². The number of aryl methyl sites for hydroxylation is 2. The fraction of sp³-hybridized carbons (Fsp3) is 0.400. The van der Waals surface area contributed by atoms with Gasteiger partial charge >= 0.3 is 0 Å². The lowest BCUT2D eigenvalue weighted by Gasteiger charge is -2.06. The number of nitrogens with zero attached hydrogens (tertiary/aromatic N) is 3. The maximum absolute atomic E-state index is 12.1. The molecule has 6 nitrogen and oxygen atoms in total. The van der Waals surface area contributed by atoms with Crippen LogP contribution < -0.4 is 10.6 Å². The van der Waals surface area contributed by atoms with E-state index in [4.69, 9.17) is 0 Å². The summed E-state index contributed by atoms with van der Waals surface area (Å²) in [6, 6.07) is 3.59. The molecule has 0 aliphatic rings. The van der Waals surface area contributed by atoms with Gasteiger partial charge in [-0.05, 0) is 25.5 Å². The van der Waals surface area contributed by atoms with Crippen LogP contribution in [0.15, 0.2) is 24.5 Å². The third-order valence-corrected chi connectivity index (χ3v) is 3.14. The van der Waals surface area contributed by atoms with E-state index in [1.807, 2.05) is 26.2 Å². The van der Waals surface area contributed by atoms with Crippen molar-refractivity contribution in [1.29, 1.82) is 0 Å². The molecule has 2 N–H and O–H groups in total. The van der Waals surface area contributed by atoms with Gasteiger partial charge in [0.1, 0.15) is 5.82 Å². The molecule has 0 spiro atoms. The summed E-state index contributed by atoms with van der Waals surface area (Å²) in [5, 5.41) is 10.3. The molecule has 2 aromatic heterocycles. The Morgan fingerprint density at radius 1 is 1.38 bits per heavy atom. The average Bonchev–Trinajstić information content (AvgIpc) is 2.81. The summed E-state index contributed by atoms with van der Waals surface area (Å²) in [5.41, 5.74) is 2.49. The maximum atomic E-state index is 12.1. The zero-order chi connectivity index (χ0) is 15.2. The number of carbonyl (C=O) groups excluding carboxylic acids is 1. The summed E-state index contributed by atoms with van der Waals surface area (Å²) in [7, 11) is 1.87. The maximum Gasteiger partial charge on any atom is 0.253 e. The zero-order valence-electron chi connectivity index (χ0n) is 12.7. The van der Waals surface area contributed by atoms with E-state index in [-0.39, 0.29) is 5.91 Å². The summed E-state index contributed by atoms with van der Waals surface area (Å²) in [6.07, 6.45) is 4.53. The van der Waals surface area contributed by atoms with Crippen LogP contribution in [0.3, 0.4) is 0 Å². The lowest BCUT2D eigenvalue weighted by molar-refractivity contribution is 0.0950. The molecule has 0 unspecified atom stereocenters. The predicted octanol–water partition coefficient (Wildman–Crippen LogP) is 1.88. The normalized spacial score (nSPS) is 10.4. The van der Waals surface area contributed by atoms with Crippen LogP contribution >= 0.6 is 0 Å². The molecule has 0 aromatic carbocycles. The summed E-state index contributed by atoms with van der Waals surface area (Å²) < 4.78 is 1.74. The molecule has 0 radical (unpaired) electrons. The Morgan fingerprint density at radius 2 is 2.19 bits per heavy atom. The molecule has 0 saturated heterocycles. The Hall–Kier alpha value is -2.37. The molecule has 0 fully saturated rings. The van der Waals surface area contributed by atoms with Gasteiger partial charge in [-0.3, -0.25) is 9.48 Å². The van der Waals surface area contributed by atoms with Gasteiger partial charge in [0.15, 0.2) is 0 Å². The molecule has 1 amide bonds. The van der Waals surface area contributed by atoms with Gasteiger partial charge in [-0.25, -0.2) is 4.98 Å². The standard InChI is InChI=1S/C15H21N5O/c1-4-7-16-14-6-5-12(8-17-14)15(21)18-9-13-10-20(3)19-11(13)2/h5-6,8,10H,4,7,9H2,1-3H3,(H,16,17)(H,18,21). The van der Waals surface area contributed by atoms with E-state index < -0.39 is 0 Å². The number of pyridine rings is 1. The van der Waals surface area contributed by atoms with Crippen LogP contribution in [0.2, 0.25) is 0 Å². The fourth-order valence-electron chi connectivity index (χ4n) is 1.99. The van der Waals surface area contributed by atoms with Crippen molar-refractivity contribution in [3.8, 4) is 0 Å². The van der Waals surface area contributed by atoms with Crippen LogP contribution in [-0.4, -0.2) is 27.2 Å². The zero-order valence-corrected chi connectivity index (χ0v) is 12.7. The Labute approximate surface area is 124 Å². The van der Waals surface area contributed by atoms with Crippen molar-refractivity contribution in [1.82, 2.24) is 20.1 Å². The second-order valence-electron chi connectivity index (χ2n) is 4.95. The van der Waals surface area contributed by atoms with Crippen LogP contribution in [0.25, 0.3) is 0 Å². The molecule has 21 heavy (non-hydrogen) atoms. The molecule has 2 aromatic rings. The Bertz CT molecular complexity index is 603. The third-order valence-electron chi connectivity index (χ3n) is 3.14. The molecule has 0 bridgehead atoms. The highest BCUT2D eigenvalue weighted by molar-refractivity contribution is 5.94. The lowest BCUT2D eigenvalue weighted by Crippen LogP contribution is -2.23.